The van der Waals surface area contributed by atoms with E-state index in [2.05, 4.69) is 47.4 Å². The molecule has 1 aliphatic heterocycles. The van der Waals surface area contributed by atoms with Gasteiger partial charge in [-0.05, 0) is 23.3 Å². The van der Waals surface area contributed by atoms with Crippen molar-refractivity contribution in [3.8, 4) is 0 Å². The third kappa shape index (κ3) is 4.06. The molecule has 1 saturated heterocycles. The second-order valence-corrected chi connectivity index (χ2v) is 5.80. The van der Waals surface area contributed by atoms with E-state index < -0.39 is 0 Å². The summed E-state index contributed by atoms with van der Waals surface area (Å²) in [5, 5.41) is 0. The molecular formula is C18H22N2O. The number of anilines is 1. The van der Waals surface area contributed by atoms with Gasteiger partial charge in [0.05, 0.1) is 13.2 Å². The normalized spacial score (nSPS) is 15.1. The smallest absolute Gasteiger partial charge is 0.0528 e. The van der Waals surface area contributed by atoms with Crippen LogP contribution in [0.5, 0.6) is 0 Å². The van der Waals surface area contributed by atoms with Crippen molar-refractivity contribution in [1.82, 2.24) is 4.90 Å². The Morgan fingerprint density at radius 1 is 0.952 bits per heavy atom. The van der Waals surface area contributed by atoms with E-state index in [1.807, 2.05) is 12.1 Å². The van der Waals surface area contributed by atoms with Crippen molar-refractivity contribution in [3.63, 3.8) is 0 Å². The SMILES string of the molecule is Nc1cccc(CN(Cc2ccccc2)CC2COC2)c1. The minimum atomic E-state index is 0.662. The highest BCUT2D eigenvalue weighted by Gasteiger charge is 2.21. The number of nitrogens with two attached hydrogens (primary N) is 1. The van der Waals surface area contributed by atoms with E-state index >= 15 is 0 Å². The van der Waals surface area contributed by atoms with Crippen LogP contribution in [0.4, 0.5) is 5.69 Å². The maximum absolute atomic E-state index is 5.89. The van der Waals surface area contributed by atoms with E-state index in [1.165, 1.54) is 11.1 Å². The average Bonchev–Trinajstić information content (AvgIpc) is 2.44. The highest BCUT2D eigenvalue weighted by Crippen LogP contribution is 2.17. The summed E-state index contributed by atoms with van der Waals surface area (Å²) < 4.78 is 5.31. The zero-order chi connectivity index (χ0) is 14.5. The van der Waals surface area contributed by atoms with Gasteiger partial charge in [0, 0.05) is 31.2 Å². The number of nitrogen functional groups attached to an aromatic ring is 1. The van der Waals surface area contributed by atoms with Crippen molar-refractivity contribution in [2.45, 2.75) is 13.1 Å². The van der Waals surface area contributed by atoms with Crippen LogP contribution < -0.4 is 5.73 Å². The average molecular weight is 282 g/mol. The van der Waals surface area contributed by atoms with Gasteiger partial charge < -0.3 is 10.5 Å². The lowest BCUT2D eigenvalue weighted by Gasteiger charge is -2.32. The summed E-state index contributed by atoms with van der Waals surface area (Å²) in [5.41, 5.74) is 9.34. The first kappa shape index (κ1) is 14.1. The summed E-state index contributed by atoms with van der Waals surface area (Å²) in [7, 11) is 0. The second-order valence-electron chi connectivity index (χ2n) is 5.80. The lowest BCUT2D eigenvalue weighted by Crippen LogP contribution is -2.39. The van der Waals surface area contributed by atoms with Crippen LogP contribution in [-0.4, -0.2) is 24.7 Å². The van der Waals surface area contributed by atoms with Gasteiger partial charge in [0.25, 0.3) is 0 Å². The van der Waals surface area contributed by atoms with Gasteiger partial charge in [-0.3, -0.25) is 4.90 Å². The molecule has 3 nitrogen and oxygen atoms in total. The van der Waals surface area contributed by atoms with Gasteiger partial charge >= 0.3 is 0 Å². The van der Waals surface area contributed by atoms with Gasteiger partial charge in [0.15, 0.2) is 0 Å². The summed E-state index contributed by atoms with van der Waals surface area (Å²) in [6.07, 6.45) is 0. The Hall–Kier alpha value is -1.84. The van der Waals surface area contributed by atoms with E-state index in [-0.39, 0.29) is 0 Å². The zero-order valence-electron chi connectivity index (χ0n) is 12.2. The van der Waals surface area contributed by atoms with Gasteiger partial charge in [0.2, 0.25) is 0 Å². The number of rotatable bonds is 6. The predicted molar refractivity (Wildman–Crippen MR) is 85.7 cm³/mol. The summed E-state index contributed by atoms with van der Waals surface area (Å²) in [6.45, 7) is 4.75. The van der Waals surface area contributed by atoms with Crippen molar-refractivity contribution >= 4 is 5.69 Å². The van der Waals surface area contributed by atoms with Gasteiger partial charge in [-0.15, -0.1) is 0 Å². The Morgan fingerprint density at radius 2 is 1.67 bits per heavy atom. The molecule has 1 aliphatic rings. The minimum Gasteiger partial charge on any atom is -0.399 e. The molecule has 3 rings (SSSR count). The van der Waals surface area contributed by atoms with Crippen molar-refractivity contribution in [1.29, 1.82) is 0 Å². The second kappa shape index (κ2) is 6.74. The van der Waals surface area contributed by atoms with Crippen molar-refractivity contribution in [3.05, 3.63) is 65.7 Å². The molecule has 0 radical (unpaired) electrons. The Kier molecular flexibility index (Phi) is 4.53. The maximum atomic E-state index is 5.89. The monoisotopic (exact) mass is 282 g/mol. The molecule has 0 saturated carbocycles. The highest BCUT2D eigenvalue weighted by atomic mass is 16.5. The molecule has 2 N–H and O–H groups in total. The lowest BCUT2D eigenvalue weighted by atomic mass is 10.1. The Bertz CT molecular complexity index is 566. The molecule has 2 aromatic carbocycles. The molecule has 0 atom stereocenters. The summed E-state index contributed by atoms with van der Waals surface area (Å²) in [6, 6.07) is 18.8. The molecule has 1 fully saturated rings. The molecule has 0 aromatic heterocycles. The Morgan fingerprint density at radius 3 is 2.33 bits per heavy atom. The third-order valence-corrected chi connectivity index (χ3v) is 3.83. The quantitative estimate of drug-likeness (QED) is 0.828. The molecule has 21 heavy (non-hydrogen) atoms. The molecule has 0 unspecified atom stereocenters. The largest absolute Gasteiger partial charge is 0.399 e. The van der Waals surface area contributed by atoms with Crippen LogP contribution in [-0.2, 0) is 17.8 Å². The first-order chi connectivity index (χ1) is 10.3. The van der Waals surface area contributed by atoms with Crippen LogP contribution >= 0.6 is 0 Å². The molecule has 1 heterocycles. The molecular weight excluding hydrogens is 260 g/mol. The first-order valence-corrected chi connectivity index (χ1v) is 7.48. The molecule has 3 heteroatoms. The molecule has 110 valence electrons. The number of nitrogens with zero attached hydrogens (tertiary/aromatic N) is 1. The lowest BCUT2D eigenvalue weighted by molar-refractivity contribution is -0.0485. The molecule has 0 bridgehead atoms. The maximum Gasteiger partial charge on any atom is 0.0528 e. The van der Waals surface area contributed by atoms with Crippen LogP contribution in [0.1, 0.15) is 11.1 Å². The van der Waals surface area contributed by atoms with Gasteiger partial charge in [-0.25, -0.2) is 0 Å². The van der Waals surface area contributed by atoms with Crippen molar-refractivity contribution in [2.75, 3.05) is 25.5 Å². The number of hydrogen-bond acceptors (Lipinski definition) is 3. The van der Waals surface area contributed by atoms with Gasteiger partial charge in [0.1, 0.15) is 0 Å². The molecule has 0 aliphatic carbocycles. The summed E-state index contributed by atoms with van der Waals surface area (Å²) >= 11 is 0. The van der Waals surface area contributed by atoms with E-state index in [9.17, 15) is 0 Å². The fourth-order valence-corrected chi connectivity index (χ4v) is 2.73. The van der Waals surface area contributed by atoms with E-state index in [4.69, 9.17) is 10.5 Å². The standard InChI is InChI=1S/C18H22N2O/c19-18-8-4-7-16(9-18)11-20(12-17-13-21-14-17)10-15-5-2-1-3-6-15/h1-9,17H,10-14,19H2. The van der Waals surface area contributed by atoms with Crippen LogP contribution in [0.15, 0.2) is 54.6 Å². The zero-order valence-corrected chi connectivity index (χ0v) is 12.2. The van der Waals surface area contributed by atoms with E-state index in [0.29, 0.717) is 5.92 Å². The van der Waals surface area contributed by atoms with Crippen molar-refractivity contribution < 1.29 is 4.74 Å². The summed E-state index contributed by atoms with van der Waals surface area (Å²) in [4.78, 5) is 2.48. The molecule has 2 aromatic rings. The topological polar surface area (TPSA) is 38.5 Å². The van der Waals surface area contributed by atoms with E-state index in [0.717, 1.165) is 38.5 Å². The minimum absolute atomic E-state index is 0.662. The number of ether oxygens (including phenoxy) is 1. The fraction of sp³-hybridized carbons (Fsp3) is 0.333. The number of benzene rings is 2. The Labute approximate surface area is 126 Å². The summed E-state index contributed by atoms with van der Waals surface area (Å²) in [5.74, 6) is 0.662. The van der Waals surface area contributed by atoms with Crippen LogP contribution in [0.3, 0.4) is 0 Å². The van der Waals surface area contributed by atoms with Crippen LogP contribution in [0, 0.1) is 5.92 Å². The molecule has 0 amide bonds. The first-order valence-electron chi connectivity index (χ1n) is 7.48. The fourth-order valence-electron chi connectivity index (χ4n) is 2.73. The van der Waals surface area contributed by atoms with Gasteiger partial charge in [-0.2, -0.15) is 0 Å². The molecule has 0 spiro atoms. The number of hydrogen-bond donors (Lipinski definition) is 1. The predicted octanol–water partition coefficient (Wildman–Crippen LogP) is 2.92. The van der Waals surface area contributed by atoms with Crippen LogP contribution in [0.2, 0.25) is 0 Å². The Balaban J connectivity index is 1.69. The van der Waals surface area contributed by atoms with Crippen LogP contribution in [0.25, 0.3) is 0 Å². The van der Waals surface area contributed by atoms with E-state index in [1.54, 1.807) is 0 Å². The third-order valence-electron chi connectivity index (χ3n) is 3.83. The van der Waals surface area contributed by atoms with Gasteiger partial charge in [-0.1, -0.05) is 42.5 Å². The van der Waals surface area contributed by atoms with Crippen molar-refractivity contribution in [2.24, 2.45) is 5.92 Å². The highest BCUT2D eigenvalue weighted by molar-refractivity contribution is 5.40.